The Morgan fingerprint density at radius 1 is 1.36 bits per heavy atom. The zero-order chi connectivity index (χ0) is 10.1. The van der Waals surface area contributed by atoms with Crippen LogP contribution in [-0.2, 0) is 7.05 Å². The quantitative estimate of drug-likeness (QED) is 0.744. The van der Waals surface area contributed by atoms with E-state index in [0.717, 1.165) is 16.8 Å². The number of benzene rings is 1. The Morgan fingerprint density at radius 3 is 2.71 bits per heavy atom. The van der Waals surface area contributed by atoms with Gasteiger partial charge in [0.05, 0.1) is 12.0 Å². The number of phenols is 1. The van der Waals surface area contributed by atoms with E-state index in [4.69, 9.17) is 0 Å². The van der Waals surface area contributed by atoms with Crippen LogP contribution in [0.1, 0.15) is 5.56 Å². The smallest absolute Gasteiger partial charge is 0.118 e. The molecule has 0 amide bonds. The van der Waals surface area contributed by atoms with Gasteiger partial charge in [-0.1, -0.05) is 0 Å². The summed E-state index contributed by atoms with van der Waals surface area (Å²) >= 11 is 0. The molecular weight excluding hydrogens is 176 g/mol. The normalized spacial score (nSPS) is 10.4. The minimum atomic E-state index is 0.324. The van der Waals surface area contributed by atoms with Crippen LogP contribution in [0, 0.1) is 6.92 Å². The molecule has 0 bridgehead atoms. The molecule has 0 aliphatic rings. The number of aromatic nitrogens is 2. The fraction of sp³-hybridized carbons (Fsp3) is 0.182. The van der Waals surface area contributed by atoms with Crippen molar-refractivity contribution in [3.8, 4) is 17.0 Å². The summed E-state index contributed by atoms with van der Waals surface area (Å²) in [6, 6.07) is 5.49. The lowest BCUT2D eigenvalue weighted by Gasteiger charge is -2.00. The lowest BCUT2D eigenvalue weighted by atomic mass is 10.1. The third kappa shape index (κ3) is 1.48. The number of aryl methyl sites for hydroxylation is 2. The van der Waals surface area contributed by atoms with Gasteiger partial charge in [0, 0.05) is 18.8 Å². The lowest BCUT2D eigenvalue weighted by Crippen LogP contribution is -1.80. The standard InChI is InChI=1S/C11H12N2O/c1-8-5-9(3-4-11(8)14)10-6-13(2)7-12-10/h3-7,14H,1-2H3. The minimum Gasteiger partial charge on any atom is -0.508 e. The Balaban J connectivity index is 2.47. The predicted octanol–water partition coefficient (Wildman–Crippen LogP) is 2.10. The van der Waals surface area contributed by atoms with Crippen molar-refractivity contribution in [3.63, 3.8) is 0 Å². The monoisotopic (exact) mass is 188 g/mol. The molecule has 1 N–H and O–H groups in total. The number of rotatable bonds is 1. The molecule has 14 heavy (non-hydrogen) atoms. The molecule has 3 heteroatoms. The van der Waals surface area contributed by atoms with Gasteiger partial charge in [0.2, 0.25) is 0 Å². The van der Waals surface area contributed by atoms with Crippen molar-refractivity contribution in [2.75, 3.05) is 0 Å². The second-order valence-corrected chi connectivity index (χ2v) is 3.43. The van der Waals surface area contributed by atoms with Gasteiger partial charge in [0.25, 0.3) is 0 Å². The second kappa shape index (κ2) is 3.18. The summed E-state index contributed by atoms with van der Waals surface area (Å²) in [7, 11) is 1.93. The third-order valence-electron chi connectivity index (χ3n) is 2.20. The van der Waals surface area contributed by atoms with E-state index in [9.17, 15) is 5.11 Å². The predicted molar refractivity (Wildman–Crippen MR) is 55.0 cm³/mol. The summed E-state index contributed by atoms with van der Waals surface area (Å²) in [5.41, 5.74) is 2.82. The number of hydrogen-bond donors (Lipinski definition) is 1. The Bertz CT molecular complexity index is 460. The molecule has 2 rings (SSSR count). The highest BCUT2D eigenvalue weighted by molar-refractivity contribution is 5.61. The van der Waals surface area contributed by atoms with Crippen molar-refractivity contribution in [1.82, 2.24) is 9.55 Å². The summed E-state index contributed by atoms with van der Waals surface area (Å²) < 4.78 is 1.90. The zero-order valence-corrected chi connectivity index (χ0v) is 8.23. The average molecular weight is 188 g/mol. The van der Waals surface area contributed by atoms with E-state index in [1.165, 1.54) is 0 Å². The lowest BCUT2D eigenvalue weighted by molar-refractivity contribution is 0.471. The van der Waals surface area contributed by atoms with Crippen molar-refractivity contribution >= 4 is 0 Å². The number of hydrogen-bond acceptors (Lipinski definition) is 2. The van der Waals surface area contributed by atoms with Gasteiger partial charge >= 0.3 is 0 Å². The first-order valence-corrected chi connectivity index (χ1v) is 4.45. The number of imidazole rings is 1. The van der Waals surface area contributed by atoms with Gasteiger partial charge < -0.3 is 9.67 Å². The Kier molecular flexibility index (Phi) is 2.00. The largest absolute Gasteiger partial charge is 0.508 e. The van der Waals surface area contributed by atoms with Crippen molar-refractivity contribution in [2.24, 2.45) is 7.05 Å². The van der Waals surface area contributed by atoms with Crippen LogP contribution in [0.3, 0.4) is 0 Å². The van der Waals surface area contributed by atoms with Gasteiger partial charge in [-0.25, -0.2) is 4.98 Å². The second-order valence-electron chi connectivity index (χ2n) is 3.43. The molecule has 72 valence electrons. The summed E-state index contributed by atoms with van der Waals surface area (Å²) in [6.45, 7) is 1.88. The van der Waals surface area contributed by atoms with Crippen molar-refractivity contribution in [1.29, 1.82) is 0 Å². The number of phenolic OH excluding ortho intramolecular Hbond substituents is 1. The molecule has 1 aromatic heterocycles. The van der Waals surface area contributed by atoms with E-state index in [2.05, 4.69) is 4.98 Å². The summed E-state index contributed by atoms with van der Waals surface area (Å²) in [4.78, 5) is 4.24. The van der Waals surface area contributed by atoms with E-state index in [0.29, 0.717) is 5.75 Å². The highest BCUT2D eigenvalue weighted by atomic mass is 16.3. The maximum atomic E-state index is 9.37. The molecule has 2 aromatic rings. The first-order valence-electron chi connectivity index (χ1n) is 4.45. The Labute approximate surface area is 82.7 Å². The molecule has 1 aromatic carbocycles. The van der Waals surface area contributed by atoms with E-state index in [1.807, 2.05) is 36.9 Å². The van der Waals surface area contributed by atoms with Gasteiger partial charge in [-0.05, 0) is 30.7 Å². The maximum Gasteiger partial charge on any atom is 0.118 e. The molecule has 0 unspecified atom stereocenters. The molecule has 0 aliphatic heterocycles. The van der Waals surface area contributed by atoms with Gasteiger partial charge in [-0.15, -0.1) is 0 Å². The molecular formula is C11H12N2O. The minimum absolute atomic E-state index is 0.324. The summed E-state index contributed by atoms with van der Waals surface area (Å²) in [5.74, 6) is 0.324. The first kappa shape index (κ1) is 8.81. The van der Waals surface area contributed by atoms with Crippen molar-refractivity contribution < 1.29 is 5.11 Å². The molecule has 0 saturated heterocycles. The molecule has 0 fully saturated rings. The summed E-state index contributed by atoms with van der Waals surface area (Å²) in [6.07, 6.45) is 3.71. The fourth-order valence-corrected chi connectivity index (χ4v) is 1.38. The van der Waals surface area contributed by atoms with Crippen molar-refractivity contribution in [3.05, 3.63) is 36.3 Å². The van der Waals surface area contributed by atoms with E-state index < -0.39 is 0 Å². The SMILES string of the molecule is Cc1cc(-c2cn(C)cn2)ccc1O. The van der Waals surface area contributed by atoms with Crippen molar-refractivity contribution in [2.45, 2.75) is 6.92 Å². The molecule has 3 nitrogen and oxygen atoms in total. The highest BCUT2D eigenvalue weighted by Crippen LogP contribution is 2.23. The highest BCUT2D eigenvalue weighted by Gasteiger charge is 2.02. The first-order chi connectivity index (χ1) is 6.66. The fourth-order valence-electron chi connectivity index (χ4n) is 1.38. The van der Waals surface area contributed by atoms with E-state index in [1.54, 1.807) is 12.4 Å². The number of nitrogens with zero attached hydrogens (tertiary/aromatic N) is 2. The van der Waals surface area contributed by atoms with Gasteiger partial charge in [0.1, 0.15) is 5.75 Å². The topological polar surface area (TPSA) is 38.0 Å². The summed E-state index contributed by atoms with van der Waals surface area (Å²) in [5, 5.41) is 9.37. The molecule has 0 saturated carbocycles. The average Bonchev–Trinajstić information content (AvgIpc) is 2.57. The van der Waals surface area contributed by atoms with Crippen LogP contribution >= 0.6 is 0 Å². The Morgan fingerprint density at radius 2 is 2.14 bits per heavy atom. The van der Waals surface area contributed by atoms with Gasteiger partial charge in [-0.2, -0.15) is 0 Å². The Hall–Kier alpha value is -1.77. The number of aromatic hydroxyl groups is 1. The van der Waals surface area contributed by atoms with Crippen LogP contribution in [0.5, 0.6) is 5.75 Å². The molecule has 0 radical (unpaired) electrons. The van der Waals surface area contributed by atoms with Crippen LogP contribution in [0.4, 0.5) is 0 Å². The van der Waals surface area contributed by atoms with Crippen LogP contribution in [0.25, 0.3) is 11.3 Å². The molecule has 1 heterocycles. The van der Waals surface area contributed by atoms with Crippen LogP contribution in [0.2, 0.25) is 0 Å². The third-order valence-corrected chi connectivity index (χ3v) is 2.20. The van der Waals surface area contributed by atoms with Crippen LogP contribution in [-0.4, -0.2) is 14.7 Å². The van der Waals surface area contributed by atoms with Gasteiger partial charge in [-0.3, -0.25) is 0 Å². The van der Waals surface area contributed by atoms with Crippen LogP contribution in [0.15, 0.2) is 30.7 Å². The molecule has 0 spiro atoms. The maximum absolute atomic E-state index is 9.37. The van der Waals surface area contributed by atoms with Gasteiger partial charge in [0.15, 0.2) is 0 Å². The molecule has 0 atom stereocenters. The van der Waals surface area contributed by atoms with E-state index in [-0.39, 0.29) is 0 Å². The molecule has 0 aliphatic carbocycles. The van der Waals surface area contributed by atoms with E-state index >= 15 is 0 Å². The zero-order valence-electron chi connectivity index (χ0n) is 8.23. The van der Waals surface area contributed by atoms with Crippen LogP contribution < -0.4 is 0 Å².